The van der Waals surface area contributed by atoms with E-state index in [1.165, 1.54) is 11.3 Å². The lowest BCUT2D eigenvalue weighted by atomic mass is 10.1. The summed E-state index contributed by atoms with van der Waals surface area (Å²) in [5, 5.41) is 7.52. The van der Waals surface area contributed by atoms with Gasteiger partial charge in [0, 0.05) is 19.3 Å². The van der Waals surface area contributed by atoms with Gasteiger partial charge in [0.2, 0.25) is 0 Å². The van der Waals surface area contributed by atoms with Crippen LogP contribution in [0.3, 0.4) is 0 Å². The van der Waals surface area contributed by atoms with Crippen LogP contribution < -0.4 is 11.1 Å². The van der Waals surface area contributed by atoms with Crippen LogP contribution in [0, 0.1) is 13.8 Å². The molecular weight excluding hydrogens is 365 g/mol. The third-order valence-corrected chi connectivity index (χ3v) is 3.09. The second-order valence-corrected chi connectivity index (χ2v) is 4.96. The molecule has 0 aliphatic carbocycles. The van der Waals surface area contributed by atoms with Gasteiger partial charge in [-0.15, -0.1) is 24.0 Å². The number of hydrogen-bond donors (Lipinski definition) is 2. The molecule has 0 unspecified atom stereocenters. The van der Waals surface area contributed by atoms with Crippen molar-refractivity contribution in [2.75, 3.05) is 13.1 Å². The topological polar surface area (TPSA) is 68.2 Å². The van der Waals surface area contributed by atoms with Crippen LogP contribution in [-0.4, -0.2) is 28.8 Å². The van der Waals surface area contributed by atoms with Crippen LogP contribution in [0.5, 0.6) is 0 Å². The van der Waals surface area contributed by atoms with Gasteiger partial charge in [-0.1, -0.05) is 12.2 Å². The summed E-state index contributed by atoms with van der Waals surface area (Å²) in [6.45, 7) is 11.3. The number of aliphatic imine (C=N–C) groups is 1. The smallest absolute Gasteiger partial charge is 0.188 e. The molecule has 114 valence electrons. The van der Waals surface area contributed by atoms with Crippen molar-refractivity contribution in [2.45, 2.75) is 33.6 Å². The molecule has 0 saturated heterocycles. The molecule has 6 heteroatoms. The van der Waals surface area contributed by atoms with Gasteiger partial charge in [0.15, 0.2) is 5.96 Å². The van der Waals surface area contributed by atoms with E-state index in [2.05, 4.69) is 35.8 Å². The fourth-order valence-electron chi connectivity index (χ4n) is 1.94. The SMILES string of the molecule is C=C(C)CN=C(N)NCCCc1c(C)nn(C)c1C.I. The second kappa shape index (κ2) is 8.99. The van der Waals surface area contributed by atoms with E-state index < -0.39 is 0 Å². The highest BCUT2D eigenvalue weighted by Crippen LogP contribution is 2.13. The Labute approximate surface area is 138 Å². The largest absolute Gasteiger partial charge is 0.370 e. The van der Waals surface area contributed by atoms with Crippen molar-refractivity contribution in [3.05, 3.63) is 29.1 Å². The lowest BCUT2D eigenvalue weighted by molar-refractivity contribution is 0.726. The minimum Gasteiger partial charge on any atom is -0.370 e. The van der Waals surface area contributed by atoms with Crippen molar-refractivity contribution < 1.29 is 0 Å². The van der Waals surface area contributed by atoms with Gasteiger partial charge in [-0.25, -0.2) is 4.99 Å². The lowest BCUT2D eigenvalue weighted by Crippen LogP contribution is -2.32. The maximum absolute atomic E-state index is 5.75. The van der Waals surface area contributed by atoms with Crippen LogP contribution in [-0.2, 0) is 13.5 Å². The summed E-state index contributed by atoms with van der Waals surface area (Å²) in [4.78, 5) is 4.17. The summed E-state index contributed by atoms with van der Waals surface area (Å²) >= 11 is 0. The highest BCUT2D eigenvalue weighted by molar-refractivity contribution is 14.0. The molecule has 1 aromatic heterocycles. The Morgan fingerprint density at radius 3 is 2.60 bits per heavy atom. The fraction of sp³-hybridized carbons (Fsp3) is 0.571. The van der Waals surface area contributed by atoms with Crippen LogP contribution in [0.25, 0.3) is 0 Å². The summed E-state index contributed by atoms with van der Waals surface area (Å²) in [6.07, 6.45) is 2.02. The molecule has 3 N–H and O–H groups in total. The molecule has 0 saturated carbocycles. The average molecular weight is 391 g/mol. The maximum atomic E-state index is 5.75. The molecule has 0 bridgehead atoms. The average Bonchev–Trinajstić information content (AvgIpc) is 2.57. The summed E-state index contributed by atoms with van der Waals surface area (Å²) in [5.41, 5.74) is 10.4. The van der Waals surface area contributed by atoms with Crippen LogP contribution >= 0.6 is 24.0 Å². The number of nitrogens with one attached hydrogen (secondary N) is 1. The van der Waals surface area contributed by atoms with Gasteiger partial charge in [-0.3, -0.25) is 4.68 Å². The van der Waals surface area contributed by atoms with Gasteiger partial charge < -0.3 is 11.1 Å². The normalized spacial score (nSPS) is 11.1. The van der Waals surface area contributed by atoms with Gasteiger partial charge in [0.1, 0.15) is 0 Å². The Bertz CT molecular complexity index is 476. The number of hydrogen-bond acceptors (Lipinski definition) is 2. The summed E-state index contributed by atoms with van der Waals surface area (Å²) in [5.74, 6) is 0.489. The molecule has 0 atom stereocenters. The number of nitrogens with zero attached hydrogens (tertiary/aromatic N) is 3. The zero-order valence-corrected chi connectivity index (χ0v) is 15.2. The van der Waals surface area contributed by atoms with Gasteiger partial charge in [-0.05, 0) is 39.2 Å². The second-order valence-electron chi connectivity index (χ2n) is 4.96. The predicted molar refractivity (Wildman–Crippen MR) is 95.7 cm³/mol. The molecular formula is C14H26IN5. The monoisotopic (exact) mass is 391 g/mol. The van der Waals surface area contributed by atoms with Crippen molar-refractivity contribution >= 4 is 29.9 Å². The maximum Gasteiger partial charge on any atom is 0.188 e. The number of halogens is 1. The summed E-state index contributed by atoms with van der Waals surface area (Å²) in [6, 6.07) is 0. The van der Waals surface area contributed by atoms with E-state index in [9.17, 15) is 0 Å². The van der Waals surface area contributed by atoms with E-state index in [1.54, 1.807) is 0 Å². The zero-order valence-electron chi connectivity index (χ0n) is 12.9. The van der Waals surface area contributed by atoms with Crippen molar-refractivity contribution in [3.63, 3.8) is 0 Å². The number of aryl methyl sites for hydroxylation is 2. The lowest BCUT2D eigenvalue weighted by Gasteiger charge is -2.06. The predicted octanol–water partition coefficient (Wildman–Crippen LogP) is 2.07. The first-order valence-corrected chi connectivity index (χ1v) is 6.59. The van der Waals surface area contributed by atoms with Crippen LogP contribution in [0.2, 0.25) is 0 Å². The molecule has 20 heavy (non-hydrogen) atoms. The molecule has 1 aromatic rings. The Hall–Kier alpha value is -1.05. The highest BCUT2D eigenvalue weighted by atomic mass is 127. The molecule has 0 spiro atoms. The van der Waals surface area contributed by atoms with Crippen LogP contribution in [0.15, 0.2) is 17.1 Å². The minimum atomic E-state index is 0. The van der Waals surface area contributed by atoms with Gasteiger partial charge in [0.05, 0.1) is 12.2 Å². The zero-order chi connectivity index (χ0) is 14.4. The van der Waals surface area contributed by atoms with Crippen molar-refractivity contribution in [1.29, 1.82) is 0 Å². The molecule has 0 aliphatic rings. The molecule has 0 fully saturated rings. The standard InChI is InChI=1S/C14H25N5.HI/c1-10(2)9-17-14(15)16-8-6-7-13-11(3)18-19(5)12(13)4;/h1,6-9H2,2-5H3,(H3,15,16,17);1H. The Kier molecular flexibility index (Phi) is 8.52. The third-order valence-electron chi connectivity index (χ3n) is 3.09. The Morgan fingerprint density at radius 1 is 1.45 bits per heavy atom. The fourth-order valence-corrected chi connectivity index (χ4v) is 1.94. The van der Waals surface area contributed by atoms with E-state index in [-0.39, 0.29) is 24.0 Å². The Morgan fingerprint density at radius 2 is 2.10 bits per heavy atom. The van der Waals surface area contributed by atoms with Crippen molar-refractivity contribution in [3.8, 4) is 0 Å². The molecule has 1 rings (SSSR count). The number of guanidine groups is 1. The minimum absolute atomic E-state index is 0. The number of rotatable bonds is 6. The molecule has 0 radical (unpaired) electrons. The number of aromatic nitrogens is 2. The van der Waals surface area contributed by atoms with Gasteiger partial charge in [-0.2, -0.15) is 5.10 Å². The quantitative estimate of drug-likeness (QED) is 0.257. The summed E-state index contributed by atoms with van der Waals surface area (Å²) < 4.78 is 1.93. The highest BCUT2D eigenvalue weighted by Gasteiger charge is 2.08. The van der Waals surface area contributed by atoms with E-state index >= 15 is 0 Å². The molecule has 0 aliphatic heterocycles. The first kappa shape index (κ1) is 18.9. The van der Waals surface area contributed by atoms with Gasteiger partial charge in [0.25, 0.3) is 0 Å². The van der Waals surface area contributed by atoms with E-state index in [0.717, 1.165) is 30.7 Å². The first-order chi connectivity index (χ1) is 8.91. The number of nitrogens with two attached hydrogens (primary N) is 1. The van der Waals surface area contributed by atoms with Crippen molar-refractivity contribution in [2.24, 2.45) is 17.8 Å². The third kappa shape index (κ3) is 5.94. The van der Waals surface area contributed by atoms with E-state index in [4.69, 9.17) is 5.73 Å². The molecule has 5 nitrogen and oxygen atoms in total. The summed E-state index contributed by atoms with van der Waals surface area (Å²) in [7, 11) is 1.98. The van der Waals surface area contributed by atoms with E-state index in [1.807, 2.05) is 18.7 Å². The van der Waals surface area contributed by atoms with Crippen molar-refractivity contribution in [1.82, 2.24) is 15.1 Å². The van der Waals surface area contributed by atoms with E-state index in [0.29, 0.717) is 12.5 Å². The van der Waals surface area contributed by atoms with Gasteiger partial charge >= 0.3 is 0 Å². The molecule has 1 heterocycles. The van der Waals surface area contributed by atoms with Crippen LogP contribution in [0.4, 0.5) is 0 Å². The Balaban J connectivity index is 0.00000361. The molecule has 0 amide bonds. The van der Waals surface area contributed by atoms with Crippen LogP contribution in [0.1, 0.15) is 30.3 Å². The molecule has 0 aromatic carbocycles. The first-order valence-electron chi connectivity index (χ1n) is 6.59.